The van der Waals surface area contributed by atoms with Crippen LogP contribution in [0.15, 0.2) is 95.2 Å². The van der Waals surface area contributed by atoms with Crippen LogP contribution in [0.5, 0.6) is 0 Å². The van der Waals surface area contributed by atoms with E-state index in [0.29, 0.717) is 33.3 Å². The number of nitrogens with one attached hydrogen (secondary N) is 1. The van der Waals surface area contributed by atoms with Gasteiger partial charge in [0.2, 0.25) is 0 Å². The molecule has 170 valence electrons. The largest absolute Gasteiger partial charge is 0.289 e. The number of ketones is 1. The molecule has 0 atom stereocenters. The second kappa shape index (κ2) is 11.3. The molecule has 0 bridgehead atoms. The van der Waals surface area contributed by atoms with Crippen molar-refractivity contribution in [2.45, 2.75) is 11.4 Å². The third-order valence-electron chi connectivity index (χ3n) is 5.15. The van der Waals surface area contributed by atoms with Crippen LogP contribution >= 0.6 is 35.0 Å². The Kier molecular flexibility index (Phi) is 8.01. The normalized spacial score (nSPS) is 11.0. The van der Waals surface area contributed by atoms with Gasteiger partial charge in [0.05, 0.1) is 17.5 Å². The number of rotatable bonds is 8. The van der Waals surface area contributed by atoms with Crippen molar-refractivity contribution in [2.75, 3.05) is 11.7 Å². The molecule has 1 N–H and O–H groups in total. The van der Waals surface area contributed by atoms with Crippen LogP contribution in [-0.2, 0) is 6.42 Å². The Hall–Kier alpha value is -3.12. The maximum absolute atomic E-state index is 12.9. The molecule has 0 amide bonds. The van der Waals surface area contributed by atoms with Crippen LogP contribution in [0.25, 0.3) is 0 Å². The van der Waals surface area contributed by atoms with E-state index in [4.69, 9.17) is 23.2 Å². The molecule has 1 aromatic heterocycles. The minimum absolute atomic E-state index is 0.0495. The number of benzene rings is 3. The second-order valence-corrected chi connectivity index (χ2v) is 9.07. The lowest BCUT2D eigenvalue weighted by Crippen LogP contribution is -2.04. The highest BCUT2D eigenvalue weighted by molar-refractivity contribution is 7.98. The number of aromatic nitrogens is 1. The molecule has 0 aliphatic carbocycles. The highest BCUT2D eigenvalue weighted by Gasteiger charge is 2.15. The molecule has 0 radical (unpaired) electrons. The number of halogens is 2. The summed E-state index contributed by atoms with van der Waals surface area (Å²) in [5.41, 5.74) is 7.68. The molecule has 0 spiro atoms. The third kappa shape index (κ3) is 5.86. The van der Waals surface area contributed by atoms with Crippen LogP contribution < -0.4 is 5.43 Å². The van der Waals surface area contributed by atoms with Gasteiger partial charge in [0.25, 0.3) is 0 Å². The summed E-state index contributed by atoms with van der Waals surface area (Å²) in [6.45, 7) is 0. The number of hydrazone groups is 1. The van der Waals surface area contributed by atoms with Crippen LogP contribution in [0.4, 0.5) is 5.69 Å². The second-order valence-electron chi connectivity index (χ2n) is 7.46. The maximum Gasteiger partial charge on any atom is 0.195 e. The number of pyridine rings is 1. The van der Waals surface area contributed by atoms with Gasteiger partial charge in [-0.25, -0.2) is 4.98 Å². The quantitative estimate of drug-likeness (QED) is 0.117. The summed E-state index contributed by atoms with van der Waals surface area (Å²) >= 11 is 14.5. The standard InChI is InChI=1S/C27H21Cl2N3OS/c1-34-27-22(8-5-13-30-27)26(33)20-11-9-18(10-12-20)14-23-24(28)15-21(16-25(23)29)32-31-17-19-6-3-2-4-7-19/h2-13,15-17,32H,14H2,1H3. The molecule has 34 heavy (non-hydrogen) atoms. The predicted molar refractivity (Wildman–Crippen MR) is 143 cm³/mol. The van der Waals surface area contributed by atoms with Crippen LogP contribution in [-0.4, -0.2) is 23.2 Å². The van der Waals surface area contributed by atoms with Crippen molar-refractivity contribution in [3.63, 3.8) is 0 Å². The lowest BCUT2D eigenvalue weighted by molar-refractivity contribution is 0.103. The minimum Gasteiger partial charge on any atom is -0.289 e. The van der Waals surface area contributed by atoms with Gasteiger partial charge < -0.3 is 0 Å². The Morgan fingerprint density at radius 2 is 1.71 bits per heavy atom. The Morgan fingerprint density at radius 1 is 1.00 bits per heavy atom. The number of nitrogens with zero attached hydrogens (tertiary/aromatic N) is 2. The summed E-state index contributed by atoms with van der Waals surface area (Å²) in [6.07, 6.45) is 5.87. The van der Waals surface area contributed by atoms with Crippen molar-refractivity contribution >= 4 is 52.6 Å². The molecule has 0 saturated carbocycles. The predicted octanol–water partition coefficient (Wildman–Crippen LogP) is 7.38. The molecular formula is C27H21Cl2N3OS. The van der Waals surface area contributed by atoms with Crippen molar-refractivity contribution in [1.82, 2.24) is 4.98 Å². The lowest BCUT2D eigenvalue weighted by Gasteiger charge is -2.11. The fraction of sp³-hybridized carbons (Fsp3) is 0.0741. The van der Waals surface area contributed by atoms with Gasteiger partial charge in [0.1, 0.15) is 5.03 Å². The van der Waals surface area contributed by atoms with Gasteiger partial charge in [0, 0.05) is 28.2 Å². The van der Waals surface area contributed by atoms with E-state index in [2.05, 4.69) is 15.5 Å². The number of carbonyl (C=O) groups is 1. The lowest BCUT2D eigenvalue weighted by atomic mass is 10.00. The zero-order chi connectivity index (χ0) is 23.9. The first-order chi connectivity index (χ1) is 16.5. The summed E-state index contributed by atoms with van der Waals surface area (Å²) in [7, 11) is 0. The zero-order valence-corrected chi connectivity index (χ0v) is 20.7. The van der Waals surface area contributed by atoms with Crippen molar-refractivity contribution in [3.8, 4) is 0 Å². The number of hydrogen-bond acceptors (Lipinski definition) is 5. The Morgan fingerprint density at radius 3 is 2.38 bits per heavy atom. The number of hydrogen-bond donors (Lipinski definition) is 1. The summed E-state index contributed by atoms with van der Waals surface area (Å²) in [5, 5.41) is 6.05. The maximum atomic E-state index is 12.9. The monoisotopic (exact) mass is 505 g/mol. The third-order valence-corrected chi connectivity index (χ3v) is 6.54. The van der Waals surface area contributed by atoms with Crippen LogP contribution in [0.3, 0.4) is 0 Å². The van der Waals surface area contributed by atoms with Gasteiger partial charge >= 0.3 is 0 Å². The van der Waals surface area contributed by atoms with E-state index in [9.17, 15) is 4.79 Å². The fourth-order valence-electron chi connectivity index (χ4n) is 3.42. The molecule has 0 aliphatic heterocycles. The average molecular weight is 506 g/mol. The van der Waals surface area contributed by atoms with Crippen molar-refractivity contribution in [3.05, 3.63) is 123 Å². The van der Waals surface area contributed by atoms with Crippen molar-refractivity contribution < 1.29 is 4.79 Å². The number of thioether (sulfide) groups is 1. The minimum atomic E-state index is -0.0495. The van der Waals surface area contributed by atoms with Crippen LogP contribution in [0, 0.1) is 0 Å². The number of anilines is 1. The van der Waals surface area contributed by atoms with E-state index in [-0.39, 0.29) is 5.78 Å². The summed E-state index contributed by atoms with van der Waals surface area (Å²) in [6, 6.07) is 24.5. The van der Waals surface area contributed by atoms with Crippen molar-refractivity contribution in [2.24, 2.45) is 5.10 Å². The first-order valence-corrected chi connectivity index (χ1v) is 12.5. The van der Waals surface area contributed by atoms with Gasteiger partial charge in [-0.2, -0.15) is 5.10 Å². The molecule has 0 fully saturated rings. The molecule has 0 aliphatic rings. The summed E-state index contributed by atoms with van der Waals surface area (Å²) in [4.78, 5) is 17.2. The zero-order valence-electron chi connectivity index (χ0n) is 18.3. The van der Waals surface area contributed by atoms with E-state index >= 15 is 0 Å². The van der Waals surface area contributed by atoms with E-state index in [0.717, 1.165) is 21.7 Å². The Balaban J connectivity index is 1.46. The Labute approximate surface area is 213 Å². The van der Waals surface area contributed by atoms with Gasteiger partial charge in [-0.15, -0.1) is 11.8 Å². The molecule has 0 unspecified atom stereocenters. The first-order valence-electron chi connectivity index (χ1n) is 10.5. The van der Waals surface area contributed by atoms with E-state index in [1.54, 1.807) is 36.7 Å². The molecule has 4 aromatic rings. The number of carbonyl (C=O) groups excluding carboxylic acids is 1. The van der Waals surface area contributed by atoms with Crippen LogP contribution in [0.1, 0.15) is 32.6 Å². The molecule has 1 heterocycles. The van der Waals surface area contributed by atoms with Gasteiger partial charge in [-0.1, -0.05) is 77.8 Å². The summed E-state index contributed by atoms with van der Waals surface area (Å²) in [5.74, 6) is -0.0495. The molecule has 4 nitrogen and oxygen atoms in total. The highest BCUT2D eigenvalue weighted by Crippen LogP contribution is 2.31. The van der Waals surface area contributed by atoms with Gasteiger partial charge in [-0.05, 0) is 47.2 Å². The molecule has 3 aromatic carbocycles. The highest BCUT2D eigenvalue weighted by atomic mass is 35.5. The van der Waals surface area contributed by atoms with Crippen molar-refractivity contribution in [1.29, 1.82) is 0 Å². The van der Waals surface area contributed by atoms with E-state index in [1.165, 1.54) is 11.8 Å². The molecular weight excluding hydrogens is 485 g/mol. The first kappa shape index (κ1) is 24.0. The topological polar surface area (TPSA) is 54.4 Å². The molecule has 7 heteroatoms. The van der Waals surface area contributed by atoms with E-state index < -0.39 is 0 Å². The van der Waals surface area contributed by atoms with Gasteiger partial charge in [0.15, 0.2) is 5.78 Å². The van der Waals surface area contributed by atoms with Gasteiger partial charge in [-0.3, -0.25) is 10.2 Å². The smallest absolute Gasteiger partial charge is 0.195 e. The summed E-state index contributed by atoms with van der Waals surface area (Å²) < 4.78 is 0. The fourth-order valence-corrected chi connectivity index (χ4v) is 4.58. The SMILES string of the molecule is CSc1ncccc1C(=O)c1ccc(Cc2c(Cl)cc(NN=Cc3ccccc3)cc2Cl)cc1. The molecule has 4 rings (SSSR count). The average Bonchev–Trinajstić information content (AvgIpc) is 2.87. The van der Waals surface area contributed by atoms with Crippen LogP contribution in [0.2, 0.25) is 10.0 Å². The Bertz CT molecular complexity index is 1300. The van der Waals surface area contributed by atoms with E-state index in [1.807, 2.05) is 60.9 Å². The molecule has 0 saturated heterocycles.